The van der Waals surface area contributed by atoms with Crippen LogP contribution in [0.1, 0.15) is 38.9 Å². The predicted molar refractivity (Wildman–Crippen MR) is 59.2 cm³/mol. The molecule has 4 nitrogen and oxygen atoms in total. The molecule has 0 amide bonds. The highest BCUT2D eigenvalue weighted by Crippen LogP contribution is 2.10. The molecule has 0 radical (unpaired) electrons. The second-order valence-corrected chi connectivity index (χ2v) is 3.59. The lowest BCUT2D eigenvalue weighted by molar-refractivity contribution is 0.289. The second-order valence-electron chi connectivity index (χ2n) is 3.26. The molecule has 1 heterocycles. The smallest absolute Gasteiger partial charge is 0.320 e. The minimum Gasteiger partial charge on any atom is -0.463 e. The highest BCUT2D eigenvalue weighted by molar-refractivity contribution is 6.28. The van der Waals surface area contributed by atoms with Gasteiger partial charge in [-0.1, -0.05) is 20.3 Å². The van der Waals surface area contributed by atoms with Crippen molar-refractivity contribution < 1.29 is 4.74 Å². The quantitative estimate of drug-likeness (QED) is 0.753. The van der Waals surface area contributed by atoms with Gasteiger partial charge in [0.1, 0.15) is 5.82 Å². The van der Waals surface area contributed by atoms with Gasteiger partial charge in [0.05, 0.1) is 6.61 Å². The summed E-state index contributed by atoms with van der Waals surface area (Å²) in [5.74, 6) is 0.711. The van der Waals surface area contributed by atoms with Crippen molar-refractivity contribution in [1.82, 2.24) is 15.0 Å². The van der Waals surface area contributed by atoms with Crippen LogP contribution in [0.3, 0.4) is 0 Å². The van der Waals surface area contributed by atoms with Gasteiger partial charge in [0.2, 0.25) is 5.28 Å². The fourth-order valence-corrected chi connectivity index (χ4v) is 1.25. The molecule has 0 saturated carbocycles. The third kappa shape index (κ3) is 4.42. The van der Waals surface area contributed by atoms with E-state index in [1.165, 1.54) is 0 Å². The molecule has 0 aliphatic carbocycles. The van der Waals surface area contributed by atoms with Crippen LogP contribution in [0.15, 0.2) is 0 Å². The van der Waals surface area contributed by atoms with Crippen LogP contribution in [-0.4, -0.2) is 21.6 Å². The first-order valence-electron chi connectivity index (χ1n) is 5.29. The van der Waals surface area contributed by atoms with Gasteiger partial charge in [0.15, 0.2) is 0 Å². The summed E-state index contributed by atoms with van der Waals surface area (Å²) in [5.41, 5.74) is 0. The minimum atomic E-state index is 0.210. The van der Waals surface area contributed by atoms with E-state index in [2.05, 4.69) is 21.9 Å². The van der Waals surface area contributed by atoms with Gasteiger partial charge in [-0.15, -0.1) is 0 Å². The summed E-state index contributed by atoms with van der Waals surface area (Å²) in [6.07, 6.45) is 3.90. The minimum absolute atomic E-state index is 0.210. The fourth-order valence-electron chi connectivity index (χ4n) is 1.08. The highest BCUT2D eigenvalue weighted by atomic mass is 35.5. The van der Waals surface area contributed by atoms with Crippen molar-refractivity contribution in [2.24, 2.45) is 0 Å². The Morgan fingerprint density at radius 2 is 1.93 bits per heavy atom. The van der Waals surface area contributed by atoms with E-state index < -0.39 is 0 Å². The molecule has 0 bridgehead atoms. The molecular formula is C10H16ClN3O. The number of unbranched alkanes of at least 4 members (excludes halogenated alkanes) is 1. The van der Waals surface area contributed by atoms with Crippen molar-refractivity contribution in [2.75, 3.05) is 6.61 Å². The van der Waals surface area contributed by atoms with Gasteiger partial charge < -0.3 is 4.74 Å². The molecule has 0 atom stereocenters. The number of halogens is 1. The van der Waals surface area contributed by atoms with Crippen molar-refractivity contribution in [3.05, 3.63) is 11.1 Å². The zero-order valence-electron chi connectivity index (χ0n) is 9.16. The maximum absolute atomic E-state index is 5.77. The number of nitrogens with zero attached hydrogens (tertiary/aromatic N) is 3. The fraction of sp³-hybridized carbons (Fsp3) is 0.700. The molecule has 0 N–H and O–H groups in total. The van der Waals surface area contributed by atoms with Crippen molar-refractivity contribution in [3.8, 4) is 6.01 Å². The van der Waals surface area contributed by atoms with Crippen LogP contribution >= 0.6 is 11.6 Å². The Balaban J connectivity index is 2.66. The predicted octanol–water partition coefficient (Wildman–Crippen LogP) is 2.66. The molecule has 0 aliphatic rings. The summed E-state index contributed by atoms with van der Waals surface area (Å²) in [6, 6.07) is 0.336. The van der Waals surface area contributed by atoms with Crippen LogP contribution in [0, 0.1) is 0 Å². The van der Waals surface area contributed by atoms with Gasteiger partial charge in [0, 0.05) is 6.42 Å². The third-order valence-corrected chi connectivity index (χ3v) is 1.99. The Kier molecular flexibility index (Phi) is 5.32. The SMILES string of the molecule is CCCCc1nc(Cl)nc(OCCC)n1. The topological polar surface area (TPSA) is 47.9 Å². The zero-order valence-corrected chi connectivity index (χ0v) is 9.92. The van der Waals surface area contributed by atoms with Crippen LogP contribution in [0.5, 0.6) is 6.01 Å². The van der Waals surface area contributed by atoms with Crippen molar-refractivity contribution in [2.45, 2.75) is 39.5 Å². The monoisotopic (exact) mass is 229 g/mol. The lowest BCUT2D eigenvalue weighted by Crippen LogP contribution is -2.04. The van der Waals surface area contributed by atoms with Gasteiger partial charge in [-0.3, -0.25) is 0 Å². The largest absolute Gasteiger partial charge is 0.463 e. The summed E-state index contributed by atoms with van der Waals surface area (Å²) in [6.45, 7) is 4.76. The maximum atomic E-state index is 5.77. The van der Waals surface area contributed by atoms with Gasteiger partial charge in [0.25, 0.3) is 0 Å². The standard InChI is InChI=1S/C10H16ClN3O/c1-3-5-6-8-12-9(11)14-10(13-8)15-7-4-2/h3-7H2,1-2H3. The highest BCUT2D eigenvalue weighted by Gasteiger charge is 2.05. The summed E-state index contributed by atoms with van der Waals surface area (Å²) in [5, 5.41) is 0.210. The first-order chi connectivity index (χ1) is 7.26. The third-order valence-electron chi connectivity index (χ3n) is 1.82. The molecule has 0 spiro atoms. The normalized spacial score (nSPS) is 10.3. The van der Waals surface area contributed by atoms with E-state index in [0.29, 0.717) is 18.4 Å². The lowest BCUT2D eigenvalue weighted by atomic mass is 10.2. The van der Waals surface area contributed by atoms with Gasteiger partial charge in [-0.2, -0.15) is 9.97 Å². The number of hydrogen-bond donors (Lipinski definition) is 0. The molecule has 0 saturated heterocycles. The molecule has 0 fully saturated rings. The Morgan fingerprint density at radius 1 is 1.13 bits per heavy atom. The van der Waals surface area contributed by atoms with Crippen molar-refractivity contribution in [1.29, 1.82) is 0 Å². The molecule has 0 unspecified atom stereocenters. The van der Waals surface area contributed by atoms with Gasteiger partial charge >= 0.3 is 6.01 Å². The molecule has 1 aromatic rings. The van der Waals surface area contributed by atoms with Crippen LogP contribution in [0.2, 0.25) is 5.28 Å². The summed E-state index contributed by atoms with van der Waals surface area (Å²) in [4.78, 5) is 12.1. The molecule has 84 valence electrons. The Bertz CT molecular complexity index is 280. The van der Waals surface area contributed by atoms with Crippen LogP contribution in [0.25, 0.3) is 0 Å². The average Bonchev–Trinajstić information content (AvgIpc) is 2.23. The van der Waals surface area contributed by atoms with E-state index in [9.17, 15) is 0 Å². The lowest BCUT2D eigenvalue weighted by Gasteiger charge is -2.04. The Labute approximate surface area is 95.1 Å². The zero-order chi connectivity index (χ0) is 11.1. The van der Waals surface area contributed by atoms with E-state index in [1.807, 2.05) is 6.92 Å². The number of aromatic nitrogens is 3. The van der Waals surface area contributed by atoms with Crippen LogP contribution in [-0.2, 0) is 6.42 Å². The number of rotatable bonds is 6. The molecule has 0 aliphatic heterocycles. The Morgan fingerprint density at radius 3 is 2.60 bits per heavy atom. The van der Waals surface area contributed by atoms with Crippen molar-refractivity contribution >= 4 is 11.6 Å². The molecule has 0 aromatic carbocycles. The van der Waals surface area contributed by atoms with Gasteiger partial charge in [-0.05, 0) is 24.4 Å². The molecule has 1 aromatic heterocycles. The van der Waals surface area contributed by atoms with Gasteiger partial charge in [-0.25, -0.2) is 4.98 Å². The second kappa shape index (κ2) is 6.56. The van der Waals surface area contributed by atoms with E-state index in [4.69, 9.17) is 16.3 Å². The maximum Gasteiger partial charge on any atom is 0.320 e. The van der Waals surface area contributed by atoms with E-state index in [0.717, 1.165) is 25.7 Å². The molecular weight excluding hydrogens is 214 g/mol. The molecule has 15 heavy (non-hydrogen) atoms. The number of hydrogen-bond acceptors (Lipinski definition) is 4. The van der Waals surface area contributed by atoms with Crippen LogP contribution < -0.4 is 4.74 Å². The van der Waals surface area contributed by atoms with Crippen LogP contribution in [0.4, 0.5) is 0 Å². The van der Waals surface area contributed by atoms with Crippen molar-refractivity contribution in [3.63, 3.8) is 0 Å². The van der Waals surface area contributed by atoms with E-state index in [1.54, 1.807) is 0 Å². The number of ether oxygens (including phenoxy) is 1. The first-order valence-corrected chi connectivity index (χ1v) is 5.67. The van der Waals surface area contributed by atoms with E-state index >= 15 is 0 Å². The summed E-state index contributed by atoms with van der Waals surface area (Å²) >= 11 is 5.77. The first kappa shape index (κ1) is 12.2. The van der Waals surface area contributed by atoms with E-state index in [-0.39, 0.29) is 5.28 Å². The molecule has 1 rings (SSSR count). The summed E-state index contributed by atoms with van der Waals surface area (Å²) < 4.78 is 5.31. The summed E-state index contributed by atoms with van der Waals surface area (Å²) in [7, 11) is 0. The Hall–Kier alpha value is -0.900. The molecule has 5 heteroatoms. The number of aryl methyl sites for hydroxylation is 1. The average molecular weight is 230 g/mol.